The van der Waals surface area contributed by atoms with Crippen molar-refractivity contribution in [1.29, 1.82) is 0 Å². The number of aryl methyl sites for hydroxylation is 1. The van der Waals surface area contributed by atoms with Crippen molar-refractivity contribution in [3.8, 4) is 0 Å². The Bertz CT molecular complexity index is 985. The summed E-state index contributed by atoms with van der Waals surface area (Å²) >= 11 is 1.28. The number of oxazole rings is 1. The van der Waals surface area contributed by atoms with Crippen LogP contribution in [0, 0.1) is 0 Å². The Morgan fingerprint density at radius 3 is 2.79 bits per heavy atom. The van der Waals surface area contributed by atoms with Gasteiger partial charge in [0.05, 0.1) is 5.52 Å². The van der Waals surface area contributed by atoms with E-state index >= 15 is 0 Å². The van der Waals surface area contributed by atoms with Crippen LogP contribution in [0.15, 0.2) is 27.4 Å². The van der Waals surface area contributed by atoms with Gasteiger partial charge in [0.25, 0.3) is 0 Å². The molecule has 2 aromatic heterocycles. The number of amides is 1. The molecule has 0 unspecified atom stereocenters. The van der Waals surface area contributed by atoms with E-state index in [0.29, 0.717) is 16.2 Å². The lowest BCUT2D eigenvalue weighted by molar-refractivity contribution is -0.116. The molecule has 0 aliphatic carbocycles. The van der Waals surface area contributed by atoms with Crippen LogP contribution in [-0.4, -0.2) is 26.5 Å². The molecule has 24 heavy (non-hydrogen) atoms. The number of anilines is 1. The van der Waals surface area contributed by atoms with Crippen LogP contribution in [-0.2, 0) is 17.8 Å². The molecule has 0 saturated carbocycles. The Kier molecular flexibility index (Phi) is 4.26. The second-order valence-electron chi connectivity index (χ2n) is 5.10. The Morgan fingerprint density at radius 2 is 2.12 bits per heavy atom. The number of carbonyl (C=O) groups excluding carboxylic acids is 2. The summed E-state index contributed by atoms with van der Waals surface area (Å²) in [5.74, 6) is -1.20. The van der Waals surface area contributed by atoms with Crippen molar-refractivity contribution in [2.45, 2.75) is 26.8 Å². The molecule has 3 aromatic rings. The second kappa shape index (κ2) is 6.36. The van der Waals surface area contributed by atoms with Crippen molar-refractivity contribution in [3.63, 3.8) is 0 Å². The molecule has 8 nitrogen and oxygen atoms in total. The summed E-state index contributed by atoms with van der Waals surface area (Å²) in [6.45, 7) is 3.15. The number of Topliss-reactive ketones (excluding diaryl/α,β-unsaturated/α-hetero) is 1. The normalized spacial score (nSPS) is 10.9. The minimum atomic E-state index is -0.660. The van der Waals surface area contributed by atoms with E-state index in [1.807, 2.05) is 6.92 Å². The van der Waals surface area contributed by atoms with Gasteiger partial charge in [-0.2, -0.15) is 0 Å². The fourth-order valence-electron chi connectivity index (χ4n) is 2.18. The highest BCUT2D eigenvalue weighted by molar-refractivity contribution is 7.15. The van der Waals surface area contributed by atoms with Gasteiger partial charge in [-0.25, -0.2) is 4.79 Å². The van der Waals surface area contributed by atoms with Crippen LogP contribution >= 0.6 is 11.3 Å². The number of hydrogen-bond donors (Lipinski definition) is 1. The quantitative estimate of drug-likeness (QED) is 0.707. The van der Waals surface area contributed by atoms with Gasteiger partial charge in [-0.15, -0.1) is 10.2 Å². The Labute approximate surface area is 140 Å². The summed E-state index contributed by atoms with van der Waals surface area (Å²) in [6, 6.07) is 4.67. The molecular weight excluding hydrogens is 332 g/mol. The van der Waals surface area contributed by atoms with E-state index in [4.69, 9.17) is 4.42 Å². The molecule has 1 aromatic carbocycles. The van der Waals surface area contributed by atoms with Crippen molar-refractivity contribution in [2.24, 2.45) is 0 Å². The van der Waals surface area contributed by atoms with Gasteiger partial charge in [0.15, 0.2) is 11.4 Å². The van der Waals surface area contributed by atoms with E-state index in [2.05, 4.69) is 15.5 Å². The van der Waals surface area contributed by atoms with Crippen LogP contribution in [0.4, 0.5) is 5.13 Å². The van der Waals surface area contributed by atoms with Gasteiger partial charge in [-0.3, -0.25) is 19.5 Å². The number of ketones is 1. The van der Waals surface area contributed by atoms with Crippen molar-refractivity contribution in [3.05, 3.63) is 39.3 Å². The molecule has 0 saturated heterocycles. The summed E-state index contributed by atoms with van der Waals surface area (Å²) < 4.78 is 6.32. The molecule has 0 atom stereocenters. The van der Waals surface area contributed by atoms with Gasteiger partial charge >= 0.3 is 5.76 Å². The van der Waals surface area contributed by atoms with Crippen molar-refractivity contribution in [2.75, 3.05) is 5.32 Å². The maximum absolute atomic E-state index is 12.1. The van der Waals surface area contributed by atoms with Crippen LogP contribution in [0.3, 0.4) is 0 Å². The molecule has 9 heteroatoms. The smallest absolute Gasteiger partial charge is 0.408 e. The first-order valence-corrected chi connectivity index (χ1v) is 8.06. The molecular formula is C15H14N4O4S. The maximum atomic E-state index is 12.1. The molecule has 0 bridgehead atoms. The molecule has 0 spiro atoms. The Hall–Kier alpha value is -2.81. The summed E-state index contributed by atoms with van der Waals surface area (Å²) in [6.07, 6.45) is 0.734. The topological polar surface area (TPSA) is 107 Å². The van der Waals surface area contributed by atoms with E-state index in [1.165, 1.54) is 28.9 Å². The fourth-order valence-corrected chi connectivity index (χ4v) is 2.88. The predicted octanol–water partition coefficient (Wildman–Crippen LogP) is 1.85. The zero-order valence-electron chi connectivity index (χ0n) is 13.0. The number of hydrogen-bond acceptors (Lipinski definition) is 7. The zero-order chi connectivity index (χ0) is 17.3. The largest absolute Gasteiger partial charge is 0.420 e. The highest BCUT2D eigenvalue weighted by Crippen LogP contribution is 2.17. The maximum Gasteiger partial charge on any atom is 0.420 e. The summed E-state index contributed by atoms with van der Waals surface area (Å²) in [7, 11) is 0. The second-order valence-corrected chi connectivity index (χ2v) is 6.16. The highest BCUT2D eigenvalue weighted by atomic mass is 32.1. The number of rotatable bonds is 5. The lowest BCUT2D eigenvalue weighted by atomic mass is 10.1. The van der Waals surface area contributed by atoms with E-state index < -0.39 is 11.7 Å². The van der Waals surface area contributed by atoms with E-state index in [9.17, 15) is 14.4 Å². The van der Waals surface area contributed by atoms with Gasteiger partial charge in [0.2, 0.25) is 11.0 Å². The predicted molar refractivity (Wildman–Crippen MR) is 88.4 cm³/mol. The average molecular weight is 346 g/mol. The van der Waals surface area contributed by atoms with Crippen LogP contribution in [0.5, 0.6) is 0 Å². The minimum absolute atomic E-state index is 0.131. The van der Waals surface area contributed by atoms with Crippen LogP contribution in [0.1, 0.15) is 29.2 Å². The SMILES string of the molecule is CCc1nnc(NC(=O)Cn2c(=O)oc3cc(C(C)=O)ccc32)s1. The monoisotopic (exact) mass is 346 g/mol. The number of nitrogens with zero attached hydrogens (tertiary/aromatic N) is 3. The summed E-state index contributed by atoms with van der Waals surface area (Å²) in [4.78, 5) is 35.5. The number of fused-ring (bicyclic) bond motifs is 1. The third-order valence-electron chi connectivity index (χ3n) is 3.39. The summed E-state index contributed by atoms with van der Waals surface area (Å²) in [5, 5.41) is 11.6. The van der Waals surface area contributed by atoms with Crippen molar-refractivity contribution >= 4 is 39.3 Å². The fraction of sp³-hybridized carbons (Fsp3) is 0.267. The molecule has 3 rings (SSSR count). The first-order valence-electron chi connectivity index (χ1n) is 7.24. The van der Waals surface area contributed by atoms with Gasteiger partial charge in [0, 0.05) is 5.56 Å². The van der Waals surface area contributed by atoms with Gasteiger partial charge in [0.1, 0.15) is 11.6 Å². The number of aromatic nitrogens is 3. The van der Waals surface area contributed by atoms with Crippen LogP contribution in [0.25, 0.3) is 11.1 Å². The molecule has 2 heterocycles. The molecule has 0 fully saturated rings. The van der Waals surface area contributed by atoms with E-state index in [0.717, 1.165) is 11.4 Å². The lowest BCUT2D eigenvalue weighted by Gasteiger charge is -2.02. The molecule has 1 amide bonds. The number of benzene rings is 1. The summed E-state index contributed by atoms with van der Waals surface area (Å²) in [5.41, 5.74) is 1.16. The Balaban J connectivity index is 1.84. The van der Waals surface area contributed by atoms with Gasteiger partial charge in [-0.1, -0.05) is 18.3 Å². The molecule has 124 valence electrons. The lowest BCUT2D eigenvalue weighted by Crippen LogP contribution is -2.24. The third-order valence-corrected chi connectivity index (χ3v) is 4.38. The number of nitrogens with one attached hydrogen (secondary N) is 1. The van der Waals surface area contributed by atoms with Gasteiger partial charge in [-0.05, 0) is 31.5 Å². The minimum Gasteiger partial charge on any atom is -0.408 e. The molecule has 0 aliphatic rings. The molecule has 1 N–H and O–H groups in total. The molecule has 0 aliphatic heterocycles. The van der Waals surface area contributed by atoms with Gasteiger partial charge < -0.3 is 4.42 Å². The van der Waals surface area contributed by atoms with Crippen molar-refractivity contribution in [1.82, 2.24) is 14.8 Å². The van der Waals surface area contributed by atoms with E-state index in [-0.39, 0.29) is 17.9 Å². The highest BCUT2D eigenvalue weighted by Gasteiger charge is 2.15. The number of carbonyl (C=O) groups is 2. The molecule has 0 radical (unpaired) electrons. The van der Waals surface area contributed by atoms with E-state index in [1.54, 1.807) is 12.1 Å². The Morgan fingerprint density at radius 1 is 1.33 bits per heavy atom. The standard InChI is InChI=1S/C15H14N4O4S/c1-3-13-17-18-14(24-13)16-12(21)7-19-10-5-4-9(8(2)20)6-11(10)23-15(19)22/h4-6H,3,7H2,1-2H3,(H,16,18,21). The first-order chi connectivity index (χ1) is 11.5. The van der Waals surface area contributed by atoms with Crippen LogP contribution < -0.4 is 11.1 Å². The van der Waals surface area contributed by atoms with Crippen LogP contribution in [0.2, 0.25) is 0 Å². The zero-order valence-corrected chi connectivity index (χ0v) is 13.8. The van der Waals surface area contributed by atoms with Crippen molar-refractivity contribution < 1.29 is 14.0 Å². The average Bonchev–Trinajstić information content (AvgIpc) is 3.11. The third kappa shape index (κ3) is 3.11. The first kappa shape index (κ1) is 16.1.